The van der Waals surface area contributed by atoms with Crippen LogP contribution in [0.4, 0.5) is 0 Å². The van der Waals surface area contributed by atoms with Gasteiger partial charge in [0.2, 0.25) is 0 Å². The van der Waals surface area contributed by atoms with Gasteiger partial charge in [0, 0.05) is 18.6 Å². The van der Waals surface area contributed by atoms with Gasteiger partial charge in [-0.05, 0) is 34.2 Å². The van der Waals surface area contributed by atoms with E-state index in [0.29, 0.717) is 18.1 Å². The summed E-state index contributed by atoms with van der Waals surface area (Å²) in [5, 5.41) is 3.35. The zero-order valence-electron chi connectivity index (χ0n) is 9.13. The van der Waals surface area contributed by atoms with E-state index in [9.17, 15) is 0 Å². The second-order valence-electron chi connectivity index (χ2n) is 4.09. The molecule has 0 aromatic rings. The van der Waals surface area contributed by atoms with Crippen molar-refractivity contribution in [1.29, 1.82) is 0 Å². The summed E-state index contributed by atoms with van der Waals surface area (Å²) >= 11 is 0. The molecule has 0 amide bonds. The molecule has 3 unspecified atom stereocenters. The van der Waals surface area contributed by atoms with Crippen molar-refractivity contribution in [3.63, 3.8) is 0 Å². The normalized spacial score (nSPS) is 30.2. The van der Waals surface area contributed by atoms with Gasteiger partial charge in [-0.25, -0.2) is 0 Å². The van der Waals surface area contributed by atoms with E-state index in [1.54, 1.807) is 0 Å². The Morgan fingerprint density at radius 1 is 1.54 bits per heavy atom. The Balaban J connectivity index is 2.60. The number of rotatable bonds is 3. The second-order valence-corrected chi connectivity index (χ2v) is 4.09. The van der Waals surface area contributed by atoms with Gasteiger partial charge in [-0.1, -0.05) is 11.6 Å². The molecule has 0 aromatic heterocycles. The predicted octanol–water partition coefficient (Wildman–Crippen LogP) is 1.97. The highest BCUT2D eigenvalue weighted by Crippen LogP contribution is 2.24. The van der Waals surface area contributed by atoms with Crippen LogP contribution in [0.15, 0.2) is 11.6 Å². The van der Waals surface area contributed by atoms with E-state index >= 15 is 0 Å². The van der Waals surface area contributed by atoms with Gasteiger partial charge in [0.1, 0.15) is 0 Å². The van der Waals surface area contributed by atoms with E-state index in [1.807, 2.05) is 7.05 Å². The van der Waals surface area contributed by atoms with Gasteiger partial charge in [0.05, 0.1) is 6.10 Å². The fourth-order valence-electron chi connectivity index (χ4n) is 2.00. The second kappa shape index (κ2) is 4.77. The summed E-state index contributed by atoms with van der Waals surface area (Å²) in [6.45, 7) is 7.37. The first-order valence-corrected chi connectivity index (χ1v) is 5.09. The lowest BCUT2D eigenvalue weighted by molar-refractivity contribution is 0.101. The average molecular weight is 183 g/mol. The molecule has 0 radical (unpaired) electrons. The van der Waals surface area contributed by atoms with E-state index < -0.39 is 0 Å². The molecule has 76 valence electrons. The summed E-state index contributed by atoms with van der Waals surface area (Å²) in [6.07, 6.45) is 3.87. The zero-order valence-corrected chi connectivity index (χ0v) is 9.13. The minimum Gasteiger partial charge on any atom is -0.378 e. The minimum absolute atomic E-state index is 0.396. The van der Waals surface area contributed by atoms with Crippen LogP contribution in [0.2, 0.25) is 0 Å². The van der Waals surface area contributed by atoms with Crippen molar-refractivity contribution in [3.05, 3.63) is 11.6 Å². The molecule has 1 saturated heterocycles. The van der Waals surface area contributed by atoms with Crippen LogP contribution in [0.25, 0.3) is 0 Å². The van der Waals surface area contributed by atoms with Crippen LogP contribution >= 0.6 is 0 Å². The summed E-state index contributed by atoms with van der Waals surface area (Å²) in [7, 11) is 2.02. The highest BCUT2D eigenvalue weighted by molar-refractivity contribution is 5.04. The van der Waals surface area contributed by atoms with Crippen LogP contribution in [0.5, 0.6) is 0 Å². The first kappa shape index (κ1) is 10.7. The molecule has 0 bridgehead atoms. The molecule has 0 saturated carbocycles. The fraction of sp³-hybridized carbons (Fsp3) is 0.818. The standard InChI is InChI=1S/C11H21NO/c1-8(2)7-11(12-4)10-5-6-13-9(10)3/h7,9-12H,5-6H2,1-4H3. The lowest BCUT2D eigenvalue weighted by atomic mass is 9.92. The maximum atomic E-state index is 5.56. The Hall–Kier alpha value is -0.340. The summed E-state index contributed by atoms with van der Waals surface area (Å²) in [5.41, 5.74) is 1.37. The molecule has 2 nitrogen and oxygen atoms in total. The van der Waals surface area contributed by atoms with Crippen LogP contribution in [0.1, 0.15) is 27.2 Å². The summed E-state index contributed by atoms with van der Waals surface area (Å²) in [6, 6.07) is 0.475. The van der Waals surface area contributed by atoms with Gasteiger partial charge < -0.3 is 10.1 Å². The van der Waals surface area contributed by atoms with Crippen LogP contribution in [-0.2, 0) is 4.74 Å². The molecular formula is C11H21NO. The highest BCUT2D eigenvalue weighted by atomic mass is 16.5. The topological polar surface area (TPSA) is 21.3 Å². The van der Waals surface area contributed by atoms with E-state index in [1.165, 1.54) is 12.0 Å². The van der Waals surface area contributed by atoms with Gasteiger partial charge in [-0.2, -0.15) is 0 Å². The Kier molecular flexibility index (Phi) is 3.94. The molecule has 0 aliphatic carbocycles. The monoisotopic (exact) mass is 183 g/mol. The summed E-state index contributed by atoms with van der Waals surface area (Å²) in [5.74, 6) is 0.639. The van der Waals surface area contributed by atoms with Gasteiger partial charge in [-0.3, -0.25) is 0 Å². The third-order valence-corrected chi connectivity index (χ3v) is 2.74. The van der Waals surface area contributed by atoms with Gasteiger partial charge in [0.25, 0.3) is 0 Å². The number of hydrogen-bond donors (Lipinski definition) is 1. The zero-order chi connectivity index (χ0) is 9.84. The average Bonchev–Trinajstić information content (AvgIpc) is 2.47. The van der Waals surface area contributed by atoms with Crippen molar-refractivity contribution in [3.8, 4) is 0 Å². The Bertz CT molecular complexity index is 185. The third-order valence-electron chi connectivity index (χ3n) is 2.74. The molecule has 2 heteroatoms. The molecule has 1 rings (SSSR count). The van der Waals surface area contributed by atoms with Crippen LogP contribution < -0.4 is 5.32 Å². The first-order chi connectivity index (χ1) is 6.15. The molecule has 0 aromatic carbocycles. The van der Waals surface area contributed by atoms with E-state index in [2.05, 4.69) is 32.2 Å². The van der Waals surface area contributed by atoms with Crippen molar-refractivity contribution in [1.82, 2.24) is 5.32 Å². The molecular weight excluding hydrogens is 162 g/mol. The van der Waals surface area contributed by atoms with Crippen molar-refractivity contribution in [2.75, 3.05) is 13.7 Å². The molecule has 1 N–H and O–H groups in total. The van der Waals surface area contributed by atoms with Crippen LogP contribution in [0, 0.1) is 5.92 Å². The number of likely N-dealkylation sites (N-methyl/N-ethyl adjacent to an activating group) is 1. The summed E-state index contributed by atoms with van der Waals surface area (Å²) in [4.78, 5) is 0. The largest absolute Gasteiger partial charge is 0.378 e. The van der Waals surface area contributed by atoms with Crippen LogP contribution in [-0.4, -0.2) is 25.8 Å². The van der Waals surface area contributed by atoms with Gasteiger partial charge in [0.15, 0.2) is 0 Å². The van der Waals surface area contributed by atoms with E-state index in [4.69, 9.17) is 4.74 Å². The number of hydrogen-bond acceptors (Lipinski definition) is 2. The molecule has 1 heterocycles. The van der Waals surface area contributed by atoms with Gasteiger partial charge >= 0.3 is 0 Å². The lowest BCUT2D eigenvalue weighted by Crippen LogP contribution is -2.35. The fourth-order valence-corrected chi connectivity index (χ4v) is 2.00. The van der Waals surface area contributed by atoms with Crippen molar-refractivity contribution in [2.24, 2.45) is 5.92 Å². The van der Waals surface area contributed by atoms with Gasteiger partial charge in [-0.15, -0.1) is 0 Å². The molecule has 0 spiro atoms. The summed E-state index contributed by atoms with van der Waals surface area (Å²) < 4.78 is 5.56. The quantitative estimate of drug-likeness (QED) is 0.675. The van der Waals surface area contributed by atoms with E-state index in [-0.39, 0.29) is 0 Å². The maximum absolute atomic E-state index is 5.56. The molecule has 1 aliphatic heterocycles. The van der Waals surface area contributed by atoms with Crippen molar-refractivity contribution >= 4 is 0 Å². The van der Waals surface area contributed by atoms with Crippen molar-refractivity contribution in [2.45, 2.75) is 39.3 Å². The Morgan fingerprint density at radius 2 is 2.23 bits per heavy atom. The Morgan fingerprint density at radius 3 is 2.62 bits per heavy atom. The molecule has 13 heavy (non-hydrogen) atoms. The smallest absolute Gasteiger partial charge is 0.0593 e. The number of allylic oxidation sites excluding steroid dienone is 1. The maximum Gasteiger partial charge on any atom is 0.0593 e. The predicted molar refractivity (Wildman–Crippen MR) is 55.8 cm³/mol. The minimum atomic E-state index is 0.396. The molecule has 1 fully saturated rings. The SMILES string of the molecule is CNC(C=C(C)C)C1CCOC1C. The third kappa shape index (κ3) is 2.82. The van der Waals surface area contributed by atoms with E-state index in [0.717, 1.165) is 6.61 Å². The molecule has 1 aliphatic rings. The van der Waals surface area contributed by atoms with Crippen LogP contribution in [0.3, 0.4) is 0 Å². The molecule has 3 atom stereocenters. The Labute approximate surface area is 81.4 Å². The first-order valence-electron chi connectivity index (χ1n) is 5.09. The number of nitrogens with one attached hydrogen (secondary N) is 1. The number of ether oxygens (including phenoxy) is 1. The highest BCUT2D eigenvalue weighted by Gasteiger charge is 2.29. The van der Waals surface area contributed by atoms with Crippen molar-refractivity contribution < 1.29 is 4.74 Å². The lowest BCUT2D eigenvalue weighted by Gasteiger charge is -2.22.